The second-order valence-corrected chi connectivity index (χ2v) is 6.05. The molecule has 0 aliphatic rings. The molecule has 8 heteroatoms. The molecule has 7 nitrogen and oxygen atoms in total. The molecule has 0 saturated carbocycles. The normalized spacial score (nSPS) is 10.9. The molecule has 0 spiro atoms. The number of benzene rings is 2. The Bertz CT molecular complexity index is 1030. The fraction of sp³-hybridized carbons (Fsp3) is 0. The summed E-state index contributed by atoms with van der Waals surface area (Å²) in [7, 11) is 0. The molecular formula is C16H12BrN7. The molecule has 4 aromatic rings. The first-order valence-corrected chi connectivity index (χ1v) is 7.95. The fourth-order valence-corrected chi connectivity index (χ4v) is 2.70. The molecule has 0 saturated heterocycles. The molecule has 0 amide bonds. The molecule has 0 atom stereocenters. The molecule has 0 aliphatic carbocycles. The first kappa shape index (κ1) is 14.6. The molecule has 24 heavy (non-hydrogen) atoms. The van der Waals surface area contributed by atoms with Gasteiger partial charge in [-0.3, -0.25) is 0 Å². The van der Waals surface area contributed by atoms with E-state index in [0.717, 1.165) is 15.8 Å². The number of hydrogen-bond acceptors (Lipinski definition) is 6. The van der Waals surface area contributed by atoms with Crippen LogP contribution in [0.25, 0.3) is 16.9 Å². The summed E-state index contributed by atoms with van der Waals surface area (Å²) in [5.41, 5.74) is 9.38. The monoisotopic (exact) mass is 381 g/mol. The van der Waals surface area contributed by atoms with Crippen molar-refractivity contribution in [2.45, 2.75) is 0 Å². The van der Waals surface area contributed by atoms with Gasteiger partial charge in [-0.25, -0.2) is 4.98 Å². The second-order valence-electron chi connectivity index (χ2n) is 5.13. The van der Waals surface area contributed by atoms with Crippen LogP contribution in [0.1, 0.15) is 0 Å². The van der Waals surface area contributed by atoms with E-state index in [-0.39, 0.29) is 0 Å². The van der Waals surface area contributed by atoms with Gasteiger partial charge >= 0.3 is 0 Å². The standard InChI is InChI=1S/C16H12BrN7/c17-10-3-1-6-13(7-10)24-15-14(22-23-24)9-19-16(21-15)20-12-5-2-4-11(18)8-12/h1-9H,18H2,(H,19,20,21). The molecule has 0 radical (unpaired) electrons. The average Bonchev–Trinajstić information content (AvgIpc) is 2.98. The summed E-state index contributed by atoms with van der Waals surface area (Å²) < 4.78 is 2.63. The van der Waals surface area contributed by atoms with Crippen LogP contribution in [0, 0.1) is 0 Å². The minimum absolute atomic E-state index is 0.451. The van der Waals surface area contributed by atoms with E-state index in [1.807, 2.05) is 48.5 Å². The van der Waals surface area contributed by atoms with E-state index in [2.05, 4.69) is 41.5 Å². The zero-order valence-electron chi connectivity index (χ0n) is 12.4. The van der Waals surface area contributed by atoms with E-state index in [1.165, 1.54) is 0 Å². The summed E-state index contributed by atoms with van der Waals surface area (Å²) in [6, 6.07) is 15.2. The number of nitrogens with zero attached hydrogens (tertiary/aromatic N) is 5. The third-order valence-corrected chi connectivity index (χ3v) is 3.88. The lowest BCUT2D eigenvalue weighted by atomic mass is 10.3. The minimum Gasteiger partial charge on any atom is -0.399 e. The van der Waals surface area contributed by atoms with Crippen molar-refractivity contribution in [2.75, 3.05) is 11.1 Å². The summed E-state index contributed by atoms with van der Waals surface area (Å²) in [5.74, 6) is 0.451. The highest BCUT2D eigenvalue weighted by Crippen LogP contribution is 2.20. The number of nitrogens with one attached hydrogen (secondary N) is 1. The smallest absolute Gasteiger partial charge is 0.229 e. The van der Waals surface area contributed by atoms with Gasteiger partial charge in [0.1, 0.15) is 0 Å². The Balaban J connectivity index is 1.76. The molecule has 118 valence electrons. The predicted molar refractivity (Wildman–Crippen MR) is 96.3 cm³/mol. The Morgan fingerprint density at radius 1 is 1.08 bits per heavy atom. The summed E-state index contributed by atoms with van der Waals surface area (Å²) >= 11 is 3.46. The summed E-state index contributed by atoms with van der Waals surface area (Å²) in [6.07, 6.45) is 1.64. The minimum atomic E-state index is 0.451. The van der Waals surface area contributed by atoms with Crippen molar-refractivity contribution >= 4 is 44.4 Å². The van der Waals surface area contributed by atoms with Crippen molar-refractivity contribution in [1.29, 1.82) is 0 Å². The molecule has 3 N–H and O–H groups in total. The molecule has 2 aromatic heterocycles. The zero-order chi connectivity index (χ0) is 16.5. The zero-order valence-corrected chi connectivity index (χ0v) is 14.0. The maximum atomic E-state index is 5.79. The third kappa shape index (κ3) is 2.79. The van der Waals surface area contributed by atoms with E-state index in [1.54, 1.807) is 10.9 Å². The third-order valence-electron chi connectivity index (χ3n) is 3.39. The average molecular weight is 382 g/mol. The Kier molecular flexibility index (Phi) is 3.58. The largest absolute Gasteiger partial charge is 0.399 e. The quantitative estimate of drug-likeness (QED) is 0.528. The van der Waals surface area contributed by atoms with Crippen LogP contribution in [0.5, 0.6) is 0 Å². The van der Waals surface area contributed by atoms with Crippen LogP contribution in [0.15, 0.2) is 59.2 Å². The highest BCUT2D eigenvalue weighted by molar-refractivity contribution is 9.10. The number of nitrogen functional groups attached to an aromatic ring is 1. The summed E-state index contributed by atoms with van der Waals surface area (Å²) in [5, 5.41) is 11.4. The van der Waals surface area contributed by atoms with Gasteiger partial charge in [0.15, 0.2) is 11.2 Å². The molecule has 0 bridgehead atoms. The van der Waals surface area contributed by atoms with Crippen molar-refractivity contribution < 1.29 is 0 Å². The van der Waals surface area contributed by atoms with Crippen LogP contribution < -0.4 is 11.1 Å². The number of hydrogen-bond donors (Lipinski definition) is 2. The van der Waals surface area contributed by atoms with Crippen molar-refractivity contribution in [1.82, 2.24) is 25.0 Å². The number of nitrogens with two attached hydrogens (primary N) is 1. The van der Waals surface area contributed by atoms with Gasteiger partial charge in [0.05, 0.1) is 11.9 Å². The van der Waals surface area contributed by atoms with Gasteiger partial charge in [0, 0.05) is 15.8 Å². The Labute approximate surface area is 145 Å². The first-order chi connectivity index (χ1) is 11.7. The van der Waals surface area contributed by atoms with Gasteiger partial charge in [-0.05, 0) is 36.4 Å². The topological polar surface area (TPSA) is 94.5 Å². The van der Waals surface area contributed by atoms with Crippen molar-refractivity contribution in [3.05, 3.63) is 59.2 Å². The number of fused-ring (bicyclic) bond motifs is 1. The highest BCUT2D eigenvalue weighted by Gasteiger charge is 2.10. The molecule has 2 heterocycles. The Morgan fingerprint density at radius 3 is 2.79 bits per heavy atom. The molecule has 2 aromatic carbocycles. The highest BCUT2D eigenvalue weighted by atomic mass is 79.9. The van der Waals surface area contributed by atoms with E-state index in [4.69, 9.17) is 5.73 Å². The number of aromatic nitrogens is 5. The molecule has 4 rings (SSSR count). The van der Waals surface area contributed by atoms with Crippen LogP contribution in [-0.4, -0.2) is 25.0 Å². The van der Waals surface area contributed by atoms with Crippen molar-refractivity contribution in [3.8, 4) is 5.69 Å². The maximum Gasteiger partial charge on any atom is 0.229 e. The summed E-state index contributed by atoms with van der Waals surface area (Å²) in [4.78, 5) is 8.79. The van der Waals surface area contributed by atoms with Crippen LogP contribution >= 0.6 is 15.9 Å². The Morgan fingerprint density at radius 2 is 1.96 bits per heavy atom. The Hall–Kier alpha value is -3.00. The van der Waals surface area contributed by atoms with Gasteiger partial charge < -0.3 is 11.1 Å². The van der Waals surface area contributed by atoms with E-state index >= 15 is 0 Å². The fourth-order valence-electron chi connectivity index (χ4n) is 2.32. The van der Waals surface area contributed by atoms with Gasteiger partial charge in [0.25, 0.3) is 0 Å². The molecular weight excluding hydrogens is 370 g/mol. The molecule has 0 fully saturated rings. The van der Waals surface area contributed by atoms with E-state index in [9.17, 15) is 0 Å². The molecule has 0 aliphatic heterocycles. The van der Waals surface area contributed by atoms with Crippen LogP contribution in [-0.2, 0) is 0 Å². The van der Waals surface area contributed by atoms with Gasteiger partial charge in [-0.15, -0.1) is 5.10 Å². The van der Waals surface area contributed by atoms with Gasteiger partial charge in [0.2, 0.25) is 5.95 Å². The summed E-state index contributed by atoms with van der Waals surface area (Å²) in [6.45, 7) is 0. The second kappa shape index (κ2) is 5.89. The van der Waals surface area contributed by atoms with Crippen LogP contribution in [0.3, 0.4) is 0 Å². The number of halogens is 1. The van der Waals surface area contributed by atoms with Crippen LogP contribution in [0.2, 0.25) is 0 Å². The number of anilines is 3. The van der Waals surface area contributed by atoms with Crippen LogP contribution in [0.4, 0.5) is 17.3 Å². The predicted octanol–water partition coefficient (Wildman–Crippen LogP) is 3.30. The van der Waals surface area contributed by atoms with Crippen molar-refractivity contribution in [2.24, 2.45) is 0 Å². The van der Waals surface area contributed by atoms with Crippen molar-refractivity contribution in [3.63, 3.8) is 0 Å². The van der Waals surface area contributed by atoms with E-state index < -0.39 is 0 Å². The van der Waals surface area contributed by atoms with E-state index in [0.29, 0.717) is 22.8 Å². The number of rotatable bonds is 3. The SMILES string of the molecule is Nc1cccc(Nc2ncc3nnn(-c4cccc(Br)c4)c3n2)c1. The lowest BCUT2D eigenvalue weighted by Gasteiger charge is -2.06. The molecule has 0 unspecified atom stereocenters. The first-order valence-electron chi connectivity index (χ1n) is 7.16. The van der Waals surface area contributed by atoms with Gasteiger partial charge in [-0.1, -0.05) is 33.3 Å². The van der Waals surface area contributed by atoms with Gasteiger partial charge in [-0.2, -0.15) is 9.67 Å². The lowest BCUT2D eigenvalue weighted by Crippen LogP contribution is -2.01. The maximum absolute atomic E-state index is 5.79. The lowest BCUT2D eigenvalue weighted by molar-refractivity contribution is 0.817.